The zero-order valence-corrected chi connectivity index (χ0v) is 14.1. The third-order valence-corrected chi connectivity index (χ3v) is 4.50. The monoisotopic (exact) mass is 349 g/mol. The fourth-order valence-corrected chi connectivity index (χ4v) is 3.09. The highest BCUT2D eigenvalue weighted by molar-refractivity contribution is 5.61. The summed E-state index contributed by atoms with van der Waals surface area (Å²) in [5.41, 5.74) is 4.00. The van der Waals surface area contributed by atoms with Crippen LogP contribution in [-0.4, -0.2) is 44.0 Å². The van der Waals surface area contributed by atoms with Gasteiger partial charge in [-0.1, -0.05) is 18.2 Å². The summed E-state index contributed by atoms with van der Waals surface area (Å²) in [6.07, 6.45) is 2.50. The minimum Gasteiger partial charge on any atom is -0.394 e. The molecule has 0 saturated carbocycles. The SMILES string of the molecule is OC[C@H]1O[C@@H](c2ccc(-c3cccc(-c4ccccn4)n3)nc2)C[C@@H]1O. The minimum absolute atomic E-state index is 0.187. The van der Waals surface area contributed by atoms with Gasteiger partial charge in [0.2, 0.25) is 0 Å². The number of pyridine rings is 3. The molecule has 4 heterocycles. The highest BCUT2D eigenvalue weighted by Gasteiger charge is 2.34. The van der Waals surface area contributed by atoms with Crippen LogP contribution < -0.4 is 0 Å². The number of aromatic nitrogens is 3. The number of aliphatic hydroxyl groups excluding tert-OH is 2. The van der Waals surface area contributed by atoms with Crippen molar-refractivity contribution in [3.63, 3.8) is 0 Å². The van der Waals surface area contributed by atoms with E-state index >= 15 is 0 Å². The van der Waals surface area contributed by atoms with Crippen LogP contribution in [0.2, 0.25) is 0 Å². The first kappa shape index (κ1) is 16.8. The first-order chi connectivity index (χ1) is 12.7. The van der Waals surface area contributed by atoms with E-state index in [2.05, 4.69) is 15.0 Å². The standard InChI is InChI=1S/C20H19N3O3/c24-12-20-18(25)10-19(26-20)13-7-8-15(22-11-13)17-6-3-5-16(23-17)14-4-1-2-9-21-14/h1-9,11,18-20,24-25H,10,12H2/t18-,19+,20+/m0/s1. The van der Waals surface area contributed by atoms with Crippen molar-refractivity contribution in [2.75, 3.05) is 6.61 Å². The quantitative estimate of drug-likeness (QED) is 0.752. The van der Waals surface area contributed by atoms with Crippen molar-refractivity contribution < 1.29 is 14.9 Å². The maximum absolute atomic E-state index is 9.87. The van der Waals surface area contributed by atoms with Gasteiger partial charge in [-0.25, -0.2) is 4.98 Å². The van der Waals surface area contributed by atoms with E-state index in [0.29, 0.717) is 6.42 Å². The van der Waals surface area contributed by atoms with Gasteiger partial charge in [-0.2, -0.15) is 0 Å². The molecular weight excluding hydrogens is 330 g/mol. The summed E-state index contributed by atoms with van der Waals surface area (Å²) >= 11 is 0. The molecule has 3 aromatic rings. The van der Waals surface area contributed by atoms with Crippen molar-refractivity contribution in [1.29, 1.82) is 0 Å². The molecular formula is C20H19N3O3. The predicted octanol–water partition coefficient (Wildman–Crippen LogP) is 2.39. The van der Waals surface area contributed by atoms with E-state index in [0.717, 1.165) is 28.3 Å². The van der Waals surface area contributed by atoms with Crippen LogP contribution in [0, 0.1) is 0 Å². The lowest BCUT2D eigenvalue weighted by atomic mass is 10.1. The first-order valence-electron chi connectivity index (χ1n) is 8.54. The van der Waals surface area contributed by atoms with Gasteiger partial charge in [0.15, 0.2) is 0 Å². The number of hydrogen-bond acceptors (Lipinski definition) is 6. The van der Waals surface area contributed by atoms with E-state index in [4.69, 9.17) is 4.74 Å². The van der Waals surface area contributed by atoms with Crippen LogP contribution >= 0.6 is 0 Å². The second-order valence-electron chi connectivity index (χ2n) is 6.25. The molecule has 1 saturated heterocycles. The molecule has 1 aliphatic heterocycles. The molecule has 0 aliphatic carbocycles. The van der Waals surface area contributed by atoms with Gasteiger partial charge >= 0.3 is 0 Å². The van der Waals surface area contributed by atoms with Crippen molar-refractivity contribution in [3.8, 4) is 22.8 Å². The Balaban J connectivity index is 1.56. The van der Waals surface area contributed by atoms with Crippen LogP contribution in [0.3, 0.4) is 0 Å². The lowest BCUT2D eigenvalue weighted by Crippen LogP contribution is -2.24. The van der Waals surface area contributed by atoms with Crippen LogP contribution in [0.25, 0.3) is 22.8 Å². The largest absolute Gasteiger partial charge is 0.394 e. The van der Waals surface area contributed by atoms with Crippen LogP contribution in [0.15, 0.2) is 60.9 Å². The Hall–Kier alpha value is -2.67. The van der Waals surface area contributed by atoms with E-state index in [-0.39, 0.29) is 12.7 Å². The number of rotatable bonds is 4. The van der Waals surface area contributed by atoms with Crippen LogP contribution in [0.1, 0.15) is 18.1 Å². The normalized spacial score (nSPS) is 22.5. The Kier molecular flexibility index (Phi) is 4.71. The van der Waals surface area contributed by atoms with Crippen LogP contribution in [0.5, 0.6) is 0 Å². The van der Waals surface area contributed by atoms with E-state index in [1.807, 2.05) is 48.5 Å². The molecule has 3 aromatic heterocycles. The zero-order chi connectivity index (χ0) is 17.9. The highest BCUT2D eigenvalue weighted by atomic mass is 16.5. The summed E-state index contributed by atoms with van der Waals surface area (Å²) in [7, 11) is 0. The molecule has 2 N–H and O–H groups in total. The number of ether oxygens (including phenoxy) is 1. The van der Waals surface area contributed by atoms with Gasteiger partial charge < -0.3 is 14.9 Å². The molecule has 1 fully saturated rings. The Labute approximate surface area is 151 Å². The second-order valence-corrected chi connectivity index (χ2v) is 6.25. The van der Waals surface area contributed by atoms with Gasteiger partial charge in [0.25, 0.3) is 0 Å². The smallest absolute Gasteiger partial charge is 0.107 e. The average molecular weight is 349 g/mol. The fraction of sp³-hybridized carbons (Fsp3) is 0.250. The summed E-state index contributed by atoms with van der Waals surface area (Å²) < 4.78 is 5.67. The van der Waals surface area contributed by atoms with E-state index in [9.17, 15) is 10.2 Å². The molecule has 6 nitrogen and oxygen atoms in total. The lowest BCUT2D eigenvalue weighted by Gasteiger charge is -2.12. The number of nitrogens with zero attached hydrogens (tertiary/aromatic N) is 3. The molecule has 132 valence electrons. The molecule has 26 heavy (non-hydrogen) atoms. The lowest BCUT2D eigenvalue weighted by molar-refractivity contribution is -0.0226. The van der Waals surface area contributed by atoms with Crippen molar-refractivity contribution in [3.05, 3.63) is 66.5 Å². The Morgan fingerprint density at radius 1 is 0.923 bits per heavy atom. The maximum atomic E-state index is 9.87. The molecule has 4 rings (SSSR count). The Bertz CT molecular complexity index is 871. The topological polar surface area (TPSA) is 88.4 Å². The van der Waals surface area contributed by atoms with E-state index in [1.54, 1.807) is 12.4 Å². The first-order valence-corrected chi connectivity index (χ1v) is 8.54. The molecule has 0 bridgehead atoms. The molecule has 0 amide bonds. The fourth-order valence-electron chi connectivity index (χ4n) is 3.09. The summed E-state index contributed by atoms with van der Waals surface area (Å²) in [6, 6.07) is 15.3. The van der Waals surface area contributed by atoms with Crippen molar-refractivity contribution in [2.24, 2.45) is 0 Å². The third-order valence-electron chi connectivity index (χ3n) is 4.50. The van der Waals surface area contributed by atoms with Crippen molar-refractivity contribution in [1.82, 2.24) is 15.0 Å². The van der Waals surface area contributed by atoms with Gasteiger partial charge in [-0.3, -0.25) is 9.97 Å². The molecule has 0 aromatic carbocycles. The predicted molar refractivity (Wildman–Crippen MR) is 96.0 cm³/mol. The Morgan fingerprint density at radius 2 is 1.69 bits per heavy atom. The van der Waals surface area contributed by atoms with Gasteiger partial charge in [-0.15, -0.1) is 0 Å². The molecule has 1 aliphatic rings. The van der Waals surface area contributed by atoms with Crippen molar-refractivity contribution >= 4 is 0 Å². The molecule has 0 radical (unpaired) electrons. The number of hydrogen-bond donors (Lipinski definition) is 2. The maximum Gasteiger partial charge on any atom is 0.107 e. The summed E-state index contributed by atoms with van der Waals surface area (Å²) in [5.74, 6) is 0. The second kappa shape index (κ2) is 7.29. The molecule has 0 spiro atoms. The molecule has 0 unspecified atom stereocenters. The minimum atomic E-state index is -0.651. The third kappa shape index (κ3) is 3.35. The van der Waals surface area contributed by atoms with Gasteiger partial charge in [0.05, 0.1) is 41.6 Å². The highest BCUT2D eigenvalue weighted by Crippen LogP contribution is 2.33. The summed E-state index contributed by atoms with van der Waals surface area (Å²) in [4.78, 5) is 13.5. The van der Waals surface area contributed by atoms with E-state index < -0.39 is 12.2 Å². The molecule has 3 atom stereocenters. The van der Waals surface area contributed by atoms with Gasteiger partial charge in [-0.05, 0) is 35.9 Å². The zero-order valence-electron chi connectivity index (χ0n) is 14.1. The Morgan fingerprint density at radius 3 is 2.31 bits per heavy atom. The molecule has 6 heteroatoms. The van der Waals surface area contributed by atoms with Crippen LogP contribution in [-0.2, 0) is 4.74 Å². The van der Waals surface area contributed by atoms with Gasteiger partial charge in [0, 0.05) is 18.8 Å². The average Bonchev–Trinajstić information content (AvgIpc) is 3.10. The van der Waals surface area contributed by atoms with Gasteiger partial charge in [0.1, 0.15) is 6.10 Å². The van der Waals surface area contributed by atoms with E-state index in [1.165, 1.54) is 0 Å². The summed E-state index contributed by atoms with van der Waals surface area (Å²) in [6.45, 7) is -0.187. The number of aliphatic hydroxyl groups is 2. The van der Waals surface area contributed by atoms with Crippen molar-refractivity contribution in [2.45, 2.75) is 24.7 Å². The van der Waals surface area contributed by atoms with Crippen LogP contribution in [0.4, 0.5) is 0 Å². The summed E-state index contributed by atoms with van der Waals surface area (Å²) in [5, 5.41) is 19.1.